The standard InChI is InChI=1S/C23H24F2N4O5/c1-12-7-16-10-28(13(2)5-6-34-27-12)23(33)19-21(31)20(30)17(11-29(16)19)22(32)26-9-14-3-4-15(24)8-18(14)25/h3-4,8,11,13,16,31H,5-7,9-10H2,1-2H3,(H,26,32)/b27-12-/t13-,16-/m0/s1. The molecule has 3 heterocycles. The SMILES string of the molecule is C/C1=N/OCC[C@H](C)N2C[C@H](C1)n1cc(C(=O)NCc3ccc(F)cc3F)c(=O)c(O)c1C2=O. The van der Waals surface area contributed by atoms with Crippen molar-refractivity contribution >= 4 is 17.5 Å². The summed E-state index contributed by atoms with van der Waals surface area (Å²) >= 11 is 0. The van der Waals surface area contributed by atoms with Crippen molar-refractivity contribution in [1.82, 2.24) is 14.8 Å². The van der Waals surface area contributed by atoms with Crippen molar-refractivity contribution in [3.63, 3.8) is 0 Å². The first-order chi connectivity index (χ1) is 16.2. The number of halogens is 2. The number of fused-ring (bicyclic) bond motifs is 4. The largest absolute Gasteiger partial charge is 0.503 e. The monoisotopic (exact) mass is 474 g/mol. The van der Waals surface area contributed by atoms with Gasteiger partial charge in [-0.3, -0.25) is 14.4 Å². The summed E-state index contributed by atoms with van der Waals surface area (Å²) < 4.78 is 28.4. The zero-order valence-electron chi connectivity index (χ0n) is 18.7. The van der Waals surface area contributed by atoms with E-state index in [0.717, 1.165) is 6.07 Å². The van der Waals surface area contributed by atoms with Crippen molar-refractivity contribution < 1.29 is 28.3 Å². The Balaban J connectivity index is 1.70. The molecular formula is C23H24F2N4O5. The second-order valence-corrected chi connectivity index (χ2v) is 8.51. The number of oxime groups is 1. The van der Waals surface area contributed by atoms with Crippen molar-refractivity contribution in [2.75, 3.05) is 13.2 Å². The number of pyridine rings is 1. The highest BCUT2D eigenvalue weighted by Gasteiger charge is 2.38. The van der Waals surface area contributed by atoms with Crippen LogP contribution >= 0.6 is 0 Å². The van der Waals surface area contributed by atoms with Gasteiger partial charge in [0, 0.05) is 49.8 Å². The number of aromatic nitrogens is 1. The minimum Gasteiger partial charge on any atom is -0.503 e. The van der Waals surface area contributed by atoms with Crippen LogP contribution in [0.25, 0.3) is 0 Å². The van der Waals surface area contributed by atoms with E-state index in [1.165, 1.54) is 16.8 Å². The van der Waals surface area contributed by atoms with E-state index in [1.54, 1.807) is 11.8 Å². The summed E-state index contributed by atoms with van der Waals surface area (Å²) in [4.78, 5) is 45.7. The zero-order chi connectivity index (χ0) is 24.6. The Kier molecular flexibility index (Phi) is 6.36. The van der Waals surface area contributed by atoms with Gasteiger partial charge in [-0.15, -0.1) is 0 Å². The van der Waals surface area contributed by atoms with Crippen LogP contribution in [0.4, 0.5) is 8.78 Å². The molecule has 0 radical (unpaired) electrons. The first-order valence-electron chi connectivity index (χ1n) is 10.8. The Bertz CT molecular complexity index is 1240. The molecule has 0 fully saturated rings. The smallest absolute Gasteiger partial charge is 0.274 e. The number of benzene rings is 1. The normalized spacial score (nSPS) is 21.7. The van der Waals surface area contributed by atoms with Gasteiger partial charge < -0.3 is 24.7 Å². The molecule has 1 aromatic carbocycles. The Morgan fingerprint density at radius 2 is 2.09 bits per heavy atom. The quantitative estimate of drug-likeness (QED) is 0.709. The number of carbonyl (C=O) groups is 2. The zero-order valence-corrected chi connectivity index (χ0v) is 18.7. The number of hydrogen-bond acceptors (Lipinski definition) is 6. The Labute approximate surface area is 193 Å². The first kappa shape index (κ1) is 23.4. The van der Waals surface area contributed by atoms with Gasteiger partial charge in [-0.2, -0.15) is 0 Å². The average molecular weight is 474 g/mol. The molecule has 0 saturated heterocycles. The van der Waals surface area contributed by atoms with Crippen LogP contribution in [-0.2, 0) is 11.4 Å². The maximum absolute atomic E-state index is 13.9. The highest BCUT2D eigenvalue weighted by molar-refractivity contribution is 5.99. The van der Waals surface area contributed by atoms with E-state index < -0.39 is 46.2 Å². The number of nitrogens with one attached hydrogen (secondary N) is 1. The molecule has 2 aliphatic rings. The number of rotatable bonds is 3. The molecule has 4 rings (SSSR count). The van der Waals surface area contributed by atoms with E-state index in [2.05, 4.69) is 10.5 Å². The molecular weight excluding hydrogens is 450 g/mol. The molecule has 2 amide bonds. The second-order valence-electron chi connectivity index (χ2n) is 8.51. The molecule has 0 spiro atoms. The van der Waals surface area contributed by atoms with E-state index in [0.29, 0.717) is 37.8 Å². The molecule has 2 atom stereocenters. The predicted octanol–water partition coefficient (Wildman–Crippen LogP) is 2.33. The van der Waals surface area contributed by atoms with Crippen LogP contribution in [0.5, 0.6) is 5.75 Å². The fraction of sp³-hybridized carbons (Fsp3) is 0.391. The van der Waals surface area contributed by atoms with Gasteiger partial charge in [-0.05, 0) is 19.9 Å². The third-order valence-corrected chi connectivity index (χ3v) is 6.08. The van der Waals surface area contributed by atoms with Crippen LogP contribution in [0.3, 0.4) is 0 Å². The van der Waals surface area contributed by atoms with Crippen molar-refractivity contribution in [2.24, 2.45) is 5.16 Å². The molecule has 2 aromatic rings. The van der Waals surface area contributed by atoms with Crippen LogP contribution in [0.1, 0.15) is 59.1 Å². The fourth-order valence-electron chi connectivity index (χ4n) is 4.21. The number of nitrogens with zero attached hydrogens (tertiary/aromatic N) is 3. The highest BCUT2D eigenvalue weighted by Crippen LogP contribution is 2.31. The lowest BCUT2D eigenvalue weighted by atomic mass is 10.0. The minimum atomic E-state index is -1.01. The maximum Gasteiger partial charge on any atom is 0.274 e. The van der Waals surface area contributed by atoms with Crippen molar-refractivity contribution in [3.8, 4) is 5.75 Å². The summed E-state index contributed by atoms with van der Waals surface area (Å²) in [7, 11) is 0. The highest BCUT2D eigenvalue weighted by atomic mass is 19.1. The number of carbonyl (C=O) groups excluding carboxylic acids is 2. The molecule has 180 valence electrons. The number of aromatic hydroxyl groups is 1. The Morgan fingerprint density at radius 1 is 1.32 bits per heavy atom. The third kappa shape index (κ3) is 4.37. The maximum atomic E-state index is 13.9. The molecule has 2 bridgehead atoms. The van der Waals surface area contributed by atoms with Crippen LogP contribution in [0.15, 0.2) is 34.3 Å². The molecule has 1 aromatic heterocycles. The van der Waals surface area contributed by atoms with E-state index in [1.807, 2.05) is 6.92 Å². The van der Waals surface area contributed by atoms with E-state index in [4.69, 9.17) is 4.84 Å². The van der Waals surface area contributed by atoms with E-state index in [9.17, 15) is 28.3 Å². The molecule has 9 nitrogen and oxygen atoms in total. The average Bonchev–Trinajstić information content (AvgIpc) is 2.79. The van der Waals surface area contributed by atoms with E-state index >= 15 is 0 Å². The lowest BCUT2D eigenvalue weighted by Crippen LogP contribution is -2.49. The number of hydrogen-bond donors (Lipinski definition) is 2. The summed E-state index contributed by atoms with van der Waals surface area (Å²) in [6.07, 6.45) is 2.10. The summed E-state index contributed by atoms with van der Waals surface area (Å²) in [6, 6.07) is 2.29. The predicted molar refractivity (Wildman–Crippen MR) is 118 cm³/mol. The van der Waals surface area contributed by atoms with Crippen molar-refractivity contribution in [2.45, 2.75) is 45.3 Å². The van der Waals surface area contributed by atoms with Crippen LogP contribution in [-0.4, -0.2) is 51.3 Å². The first-order valence-corrected chi connectivity index (χ1v) is 10.8. The van der Waals surface area contributed by atoms with E-state index in [-0.39, 0.29) is 23.8 Å². The molecule has 0 unspecified atom stereocenters. The van der Waals surface area contributed by atoms with Crippen LogP contribution in [0.2, 0.25) is 0 Å². The van der Waals surface area contributed by atoms with Gasteiger partial charge in [0.1, 0.15) is 23.8 Å². The minimum absolute atomic E-state index is 0.0241. The molecule has 34 heavy (non-hydrogen) atoms. The van der Waals surface area contributed by atoms with Crippen LogP contribution < -0.4 is 10.7 Å². The molecule has 2 aliphatic heterocycles. The van der Waals surface area contributed by atoms with Gasteiger partial charge in [0.05, 0.1) is 11.8 Å². The van der Waals surface area contributed by atoms with Gasteiger partial charge in [-0.1, -0.05) is 11.2 Å². The molecule has 0 aliphatic carbocycles. The topological polar surface area (TPSA) is 113 Å². The third-order valence-electron chi connectivity index (χ3n) is 6.08. The summed E-state index contributed by atoms with van der Waals surface area (Å²) in [5.41, 5.74) is -0.929. The van der Waals surface area contributed by atoms with Crippen molar-refractivity contribution in [3.05, 3.63) is 63.1 Å². The molecule has 0 saturated carbocycles. The van der Waals surface area contributed by atoms with Gasteiger partial charge in [0.2, 0.25) is 5.43 Å². The lowest BCUT2D eigenvalue weighted by molar-refractivity contribution is 0.0496. The summed E-state index contributed by atoms with van der Waals surface area (Å²) in [6.45, 7) is 3.92. The summed E-state index contributed by atoms with van der Waals surface area (Å²) in [5, 5.41) is 17.2. The molecule has 11 heteroatoms. The molecule has 2 N–H and O–H groups in total. The van der Waals surface area contributed by atoms with Gasteiger partial charge in [0.15, 0.2) is 11.4 Å². The van der Waals surface area contributed by atoms with Gasteiger partial charge in [0.25, 0.3) is 11.8 Å². The lowest BCUT2D eigenvalue weighted by Gasteiger charge is -2.40. The Hall–Kier alpha value is -3.76. The van der Waals surface area contributed by atoms with Crippen molar-refractivity contribution in [1.29, 1.82) is 0 Å². The second kappa shape index (κ2) is 9.24. The summed E-state index contributed by atoms with van der Waals surface area (Å²) in [5.74, 6) is -3.81. The van der Waals surface area contributed by atoms with Gasteiger partial charge in [-0.25, -0.2) is 8.78 Å². The van der Waals surface area contributed by atoms with Crippen LogP contribution in [0, 0.1) is 11.6 Å². The van der Waals surface area contributed by atoms with Gasteiger partial charge >= 0.3 is 0 Å². The fourth-order valence-corrected chi connectivity index (χ4v) is 4.21. The number of amides is 2. The Morgan fingerprint density at radius 3 is 2.82 bits per heavy atom.